The number of carboxylic acid groups (broad SMARTS) is 1. The molecule has 0 saturated carbocycles. The van der Waals surface area contributed by atoms with E-state index in [2.05, 4.69) is 14.8 Å². The van der Waals surface area contributed by atoms with Gasteiger partial charge in [-0.05, 0) is 43.9 Å². The van der Waals surface area contributed by atoms with Crippen molar-refractivity contribution < 1.29 is 42.6 Å². The van der Waals surface area contributed by atoms with Gasteiger partial charge in [-0.1, -0.05) is 24.3 Å². The standard InChI is InChI=1S/C17H17F2N2O7P/c18-27-29(26,28-19)9-10-1-2-12-8-13(4-3-11(12)7-10)17(25)21-14(16(20)24)5-6-15(22)23/h1-4,7-8,14H,5-6,9H2,(H2,20,24)(H,21,25)(H,22,23). The largest absolute Gasteiger partial charge is 0.481 e. The second-order valence-corrected chi connectivity index (χ2v) is 7.98. The Kier molecular flexibility index (Phi) is 7.38. The number of carbonyl (C=O) groups is 3. The Labute approximate surface area is 163 Å². The van der Waals surface area contributed by atoms with Crippen LogP contribution >= 0.6 is 7.60 Å². The van der Waals surface area contributed by atoms with Crippen LogP contribution in [0.5, 0.6) is 0 Å². The van der Waals surface area contributed by atoms with E-state index in [9.17, 15) is 28.0 Å². The molecule has 12 heteroatoms. The molecule has 0 heterocycles. The molecule has 2 aromatic rings. The number of primary amides is 1. The maximum atomic E-state index is 12.4. The van der Waals surface area contributed by atoms with Crippen LogP contribution in [0.25, 0.3) is 10.8 Å². The second-order valence-electron chi connectivity index (χ2n) is 6.16. The minimum absolute atomic E-state index is 0.152. The topological polar surface area (TPSA) is 145 Å². The van der Waals surface area contributed by atoms with Gasteiger partial charge in [0.1, 0.15) is 6.04 Å². The maximum absolute atomic E-state index is 12.4. The minimum Gasteiger partial charge on any atom is -0.481 e. The Balaban J connectivity index is 2.19. The lowest BCUT2D eigenvalue weighted by Crippen LogP contribution is -2.44. The first kappa shape index (κ1) is 22.4. The van der Waals surface area contributed by atoms with Crippen molar-refractivity contribution in [3.8, 4) is 0 Å². The Hall–Kier alpha value is -2.88. The van der Waals surface area contributed by atoms with Crippen LogP contribution in [0.1, 0.15) is 28.8 Å². The zero-order chi connectivity index (χ0) is 21.6. The number of hydrogen-bond donors (Lipinski definition) is 3. The van der Waals surface area contributed by atoms with Crippen molar-refractivity contribution in [2.24, 2.45) is 5.73 Å². The first-order chi connectivity index (χ1) is 13.7. The van der Waals surface area contributed by atoms with Gasteiger partial charge in [-0.3, -0.25) is 18.9 Å². The predicted molar refractivity (Wildman–Crippen MR) is 97.0 cm³/mol. The normalized spacial score (nSPS) is 12.5. The number of nitrogens with one attached hydrogen (secondary N) is 1. The molecule has 0 aliphatic rings. The molecule has 29 heavy (non-hydrogen) atoms. The Morgan fingerprint density at radius 1 is 1.10 bits per heavy atom. The zero-order valence-electron chi connectivity index (χ0n) is 14.8. The van der Waals surface area contributed by atoms with Gasteiger partial charge >= 0.3 is 13.6 Å². The number of carbonyl (C=O) groups excluding carboxylic acids is 2. The Bertz CT molecular complexity index is 977. The van der Waals surface area contributed by atoms with Crippen molar-refractivity contribution in [3.63, 3.8) is 0 Å². The van der Waals surface area contributed by atoms with Crippen LogP contribution in [-0.4, -0.2) is 28.9 Å². The molecule has 0 spiro atoms. The monoisotopic (exact) mass is 430 g/mol. The maximum Gasteiger partial charge on any atom is 0.399 e. The van der Waals surface area contributed by atoms with Crippen molar-refractivity contribution in [2.75, 3.05) is 0 Å². The molecule has 2 rings (SSSR count). The van der Waals surface area contributed by atoms with E-state index in [-0.39, 0.29) is 24.0 Å². The summed E-state index contributed by atoms with van der Waals surface area (Å²) in [5, 5.41) is 12.2. The molecular weight excluding hydrogens is 413 g/mol. The van der Waals surface area contributed by atoms with Gasteiger partial charge in [0.25, 0.3) is 5.91 Å². The van der Waals surface area contributed by atoms with Crippen LogP contribution in [0.15, 0.2) is 36.4 Å². The van der Waals surface area contributed by atoms with E-state index in [1.165, 1.54) is 36.4 Å². The number of rotatable bonds is 10. The number of aliphatic carboxylic acids is 1. The molecule has 1 unspecified atom stereocenters. The molecule has 0 aliphatic carbocycles. The number of fused-ring (bicyclic) bond motifs is 1. The van der Waals surface area contributed by atoms with Crippen LogP contribution in [0.3, 0.4) is 0 Å². The molecular formula is C17H17F2N2O7P. The van der Waals surface area contributed by atoms with E-state index in [1.807, 2.05) is 0 Å². The van der Waals surface area contributed by atoms with Gasteiger partial charge in [-0.15, -0.1) is 9.46 Å². The van der Waals surface area contributed by atoms with Crippen molar-refractivity contribution in [3.05, 3.63) is 47.5 Å². The van der Waals surface area contributed by atoms with Crippen LogP contribution < -0.4 is 11.1 Å². The molecule has 0 aliphatic heterocycles. The van der Waals surface area contributed by atoms with E-state index in [0.717, 1.165) is 0 Å². The van der Waals surface area contributed by atoms with Gasteiger partial charge in [0.05, 0.1) is 6.16 Å². The average molecular weight is 430 g/mol. The van der Waals surface area contributed by atoms with Gasteiger partial charge in [-0.2, -0.15) is 0 Å². The van der Waals surface area contributed by atoms with E-state index in [1.54, 1.807) is 0 Å². The number of hydrogen-bond acceptors (Lipinski definition) is 6. The molecule has 156 valence electrons. The smallest absolute Gasteiger partial charge is 0.399 e. The summed E-state index contributed by atoms with van der Waals surface area (Å²) in [7, 11) is -4.53. The lowest BCUT2D eigenvalue weighted by atomic mass is 10.0. The average Bonchev–Trinajstić information content (AvgIpc) is 2.69. The summed E-state index contributed by atoms with van der Waals surface area (Å²) in [4.78, 5) is 34.4. The van der Waals surface area contributed by atoms with Gasteiger partial charge in [0.2, 0.25) is 5.91 Å². The highest BCUT2D eigenvalue weighted by atomic mass is 31.2. The summed E-state index contributed by atoms with van der Waals surface area (Å²) in [6, 6.07) is 7.73. The van der Waals surface area contributed by atoms with Gasteiger partial charge in [0, 0.05) is 12.0 Å². The number of amides is 2. The molecule has 0 radical (unpaired) electrons. The molecule has 1 atom stereocenters. The zero-order valence-corrected chi connectivity index (χ0v) is 15.7. The fourth-order valence-corrected chi connectivity index (χ4v) is 3.38. The van der Waals surface area contributed by atoms with E-state index in [4.69, 9.17) is 10.8 Å². The molecule has 0 saturated heterocycles. The number of carboxylic acids is 1. The summed E-state index contributed by atoms with van der Waals surface area (Å²) in [5.41, 5.74) is 5.64. The highest BCUT2D eigenvalue weighted by Gasteiger charge is 2.28. The van der Waals surface area contributed by atoms with Crippen molar-refractivity contribution in [1.82, 2.24) is 5.32 Å². The third kappa shape index (κ3) is 6.05. The number of nitrogens with two attached hydrogens (primary N) is 1. The van der Waals surface area contributed by atoms with Crippen LogP contribution in [-0.2, 0) is 29.8 Å². The molecule has 0 aromatic heterocycles. The first-order valence-corrected chi connectivity index (χ1v) is 9.94. The van der Waals surface area contributed by atoms with Gasteiger partial charge in [-0.25, -0.2) is 0 Å². The van der Waals surface area contributed by atoms with Gasteiger partial charge < -0.3 is 16.2 Å². The summed E-state index contributed by atoms with van der Waals surface area (Å²) in [6.45, 7) is 0. The fraction of sp³-hybridized carbons (Fsp3) is 0.235. The van der Waals surface area contributed by atoms with E-state index < -0.39 is 37.6 Å². The third-order valence-electron chi connectivity index (χ3n) is 4.05. The summed E-state index contributed by atoms with van der Waals surface area (Å²) >= 11 is 0. The van der Waals surface area contributed by atoms with Crippen LogP contribution in [0, 0.1) is 0 Å². The minimum atomic E-state index is -4.53. The summed E-state index contributed by atoms with van der Waals surface area (Å²) in [5.74, 6) is -2.63. The lowest BCUT2D eigenvalue weighted by Gasteiger charge is -2.15. The number of benzene rings is 2. The molecule has 9 nitrogen and oxygen atoms in total. The summed E-state index contributed by atoms with van der Waals surface area (Å²) in [6.07, 6.45) is -1.13. The number of halogens is 2. The van der Waals surface area contributed by atoms with Crippen molar-refractivity contribution in [1.29, 1.82) is 0 Å². The van der Waals surface area contributed by atoms with Crippen molar-refractivity contribution in [2.45, 2.75) is 25.0 Å². The third-order valence-corrected chi connectivity index (χ3v) is 5.22. The Morgan fingerprint density at radius 3 is 2.31 bits per heavy atom. The fourth-order valence-electron chi connectivity index (χ4n) is 2.61. The lowest BCUT2D eigenvalue weighted by molar-refractivity contribution is -0.137. The van der Waals surface area contributed by atoms with E-state index >= 15 is 0 Å². The highest BCUT2D eigenvalue weighted by molar-refractivity contribution is 7.52. The summed E-state index contributed by atoms with van der Waals surface area (Å²) < 4.78 is 42.1. The predicted octanol–water partition coefficient (Wildman–Crippen LogP) is 2.78. The highest BCUT2D eigenvalue weighted by Crippen LogP contribution is 2.52. The van der Waals surface area contributed by atoms with Crippen LogP contribution in [0.4, 0.5) is 9.05 Å². The Morgan fingerprint density at radius 2 is 1.72 bits per heavy atom. The molecule has 0 bridgehead atoms. The first-order valence-electron chi connectivity index (χ1n) is 8.22. The SMILES string of the molecule is NC(=O)C(CCC(=O)O)NC(=O)c1ccc2cc(CP(=O)(OF)OF)ccc2c1. The second kappa shape index (κ2) is 9.55. The molecule has 2 aromatic carbocycles. The van der Waals surface area contributed by atoms with E-state index in [0.29, 0.717) is 10.8 Å². The quantitative estimate of drug-likeness (QED) is 0.492. The molecule has 2 amide bonds. The molecule has 4 N–H and O–H groups in total. The van der Waals surface area contributed by atoms with Gasteiger partial charge in [0.15, 0.2) is 0 Å². The molecule has 0 fully saturated rings. The van der Waals surface area contributed by atoms with Crippen molar-refractivity contribution >= 4 is 36.2 Å². The van der Waals surface area contributed by atoms with Crippen LogP contribution in [0.2, 0.25) is 0 Å².